The van der Waals surface area contributed by atoms with Gasteiger partial charge in [-0.2, -0.15) is 0 Å². The van der Waals surface area contributed by atoms with E-state index in [1.54, 1.807) is 18.2 Å². The van der Waals surface area contributed by atoms with Crippen molar-refractivity contribution < 1.29 is 12.8 Å². The summed E-state index contributed by atoms with van der Waals surface area (Å²) in [5.41, 5.74) is 2.18. The molecular weight excluding hydrogens is 411 g/mol. The monoisotopic (exact) mass is 438 g/mol. The van der Waals surface area contributed by atoms with E-state index in [-0.39, 0.29) is 22.2 Å². The minimum absolute atomic E-state index is 0. The summed E-state index contributed by atoms with van der Waals surface area (Å²) in [5.74, 6) is -0.707. The zero-order chi connectivity index (χ0) is 19.9. The predicted octanol–water partition coefficient (Wildman–Crippen LogP) is 4.32. The Morgan fingerprint density at radius 2 is 1.72 bits per heavy atom. The van der Waals surface area contributed by atoms with Gasteiger partial charge in [-0.3, -0.25) is 0 Å². The highest BCUT2D eigenvalue weighted by Crippen LogP contribution is 2.35. The molecule has 1 saturated heterocycles. The van der Waals surface area contributed by atoms with Crippen molar-refractivity contribution in [1.82, 2.24) is 4.90 Å². The first-order valence-corrected chi connectivity index (χ1v) is 11.5. The summed E-state index contributed by atoms with van der Waals surface area (Å²) >= 11 is 0. The van der Waals surface area contributed by atoms with Gasteiger partial charge in [0, 0.05) is 37.4 Å². The van der Waals surface area contributed by atoms with Gasteiger partial charge in [0.05, 0.1) is 4.90 Å². The molecule has 2 heterocycles. The molecule has 0 unspecified atom stereocenters. The summed E-state index contributed by atoms with van der Waals surface area (Å²) in [7, 11) is -3.85. The third-order valence-corrected chi connectivity index (χ3v) is 7.87. The maximum Gasteiger partial charge on any atom is 0.209 e. The Bertz CT molecular complexity index is 973. The first-order valence-electron chi connectivity index (χ1n) is 10.0. The number of sulfone groups is 1. The zero-order valence-electron chi connectivity index (χ0n) is 16.8. The molecule has 2 aromatic rings. The molecule has 0 atom stereocenters. The average molecular weight is 439 g/mol. The maximum absolute atomic E-state index is 14.0. The van der Waals surface area contributed by atoms with Gasteiger partial charge in [-0.25, -0.2) is 12.8 Å². The van der Waals surface area contributed by atoms with Crippen LogP contribution < -0.4 is 4.90 Å². The number of rotatable bonds is 4. The summed E-state index contributed by atoms with van der Waals surface area (Å²) in [6.45, 7) is 7.61. The van der Waals surface area contributed by atoms with Crippen LogP contribution in [-0.4, -0.2) is 45.0 Å². The van der Waals surface area contributed by atoms with E-state index < -0.39 is 15.7 Å². The molecule has 0 amide bonds. The van der Waals surface area contributed by atoms with Gasteiger partial charge in [0.25, 0.3) is 0 Å². The Hall–Kier alpha value is -1.63. The van der Waals surface area contributed by atoms with Gasteiger partial charge in [0.1, 0.15) is 10.7 Å². The standard InChI is InChI=1S/C22H27FN2O2S.ClH/c1-16(2)24-12-10-18(11-13-24)25-14-9-17-15-19(7-8-21(17)25)28(26,27)22-6-4-3-5-20(22)23;/h3-8,15-16,18H,9-14H2,1-2H3;1H. The molecular formula is C22H28ClFN2O2S. The Morgan fingerprint density at radius 3 is 2.38 bits per heavy atom. The number of nitrogens with zero attached hydrogens (tertiary/aromatic N) is 2. The highest BCUT2D eigenvalue weighted by Gasteiger charge is 2.31. The number of halogens is 2. The molecule has 0 N–H and O–H groups in total. The number of piperidine rings is 1. The molecule has 29 heavy (non-hydrogen) atoms. The quantitative estimate of drug-likeness (QED) is 0.713. The van der Waals surface area contributed by atoms with Crippen molar-refractivity contribution in [2.24, 2.45) is 0 Å². The zero-order valence-corrected chi connectivity index (χ0v) is 18.5. The molecule has 0 bridgehead atoms. The van der Waals surface area contributed by atoms with E-state index in [0.717, 1.165) is 50.1 Å². The van der Waals surface area contributed by atoms with Crippen LogP contribution in [0.4, 0.5) is 10.1 Å². The first-order chi connectivity index (χ1) is 13.4. The van der Waals surface area contributed by atoms with Crippen molar-refractivity contribution in [2.45, 2.75) is 55.0 Å². The fourth-order valence-electron chi connectivity index (χ4n) is 4.45. The van der Waals surface area contributed by atoms with Crippen LogP contribution in [0.3, 0.4) is 0 Å². The number of likely N-dealkylation sites (tertiary alicyclic amines) is 1. The lowest BCUT2D eigenvalue weighted by Gasteiger charge is -2.39. The lowest BCUT2D eigenvalue weighted by Crippen LogP contribution is -2.46. The van der Waals surface area contributed by atoms with Crippen molar-refractivity contribution in [3.63, 3.8) is 0 Å². The van der Waals surface area contributed by atoms with Crippen molar-refractivity contribution in [1.29, 1.82) is 0 Å². The normalized spacial score (nSPS) is 18.0. The van der Waals surface area contributed by atoms with Crippen molar-refractivity contribution in [2.75, 3.05) is 24.5 Å². The molecule has 0 saturated carbocycles. The highest BCUT2D eigenvalue weighted by molar-refractivity contribution is 7.91. The molecule has 2 aliphatic heterocycles. The van der Waals surface area contributed by atoms with Gasteiger partial charge in [-0.05, 0) is 69.0 Å². The van der Waals surface area contributed by atoms with Crippen LogP contribution in [0.1, 0.15) is 32.3 Å². The smallest absolute Gasteiger partial charge is 0.209 e. The van der Waals surface area contributed by atoms with Gasteiger partial charge in [-0.15, -0.1) is 12.4 Å². The van der Waals surface area contributed by atoms with E-state index in [1.807, 2.05) is 6.07 Å². The van der Waals surface area contributed by atoms with Crippen molar-refractivity contribution in [3.8, 4) is 0 Å². The van der Waals surface area contributed by atoms with Crippen LogP contribution in [0.5, 0.6) is 0 Å². The van der Waals surface area contributed by atoms with Crippen LogP contribution in [0.15, 0.2) is 52.3 Å². The number of anilines is 1. The molecule has 7 heteroatoms. The summed E-state index contributed by atoms with van der Waals surface area (Å²) in [5, 5.41) is 0. The minimum atomic E-state index is -3.85. The molecule has 0 aromatic heterocycles. The second-order valence-electron chi connectivity index (χ2n) is 8.03. The molecule has 1 fully saturated rings. The van der Waals surface area contributed by atoms with Gasteiger partial charge in [-0.1, -0.05) is 12.1 Å². The molecule has 2 aliphatic rings. The van der Waals surface area contributed by atoms with E-state index in [2.05, 4.69) is 23.6 Å². The number of benzene rings is 2. The van der Waals surface area contributed by atoms with Gasteiger partial charge in [0.2, 0.25) is 9.84 Å². The summed E-state index contributed by atoms with van der Waals surface area (Å²) in [6, 6.07) is 11.9. The molecule has 158 valence electrons. The molecule has 0 aliphatic carbocycles. The van der Waals surface area contributed by atoms with Gasteiger partial charge >= 0.3 is 0 Å². The summed E-state index contributed by atoms with van der Waals surface area (Å²) in [4.78, 5) is 4.86. The summed E-state index contributed by atoms with van der Waals surface area (Å²) < 4.78 is 39.8. The van der Waals surface area contributed by atoms with Crippen LogP contribution >= 0.6 is 12.4 Å². The van der Waals surface area contributed by atoms with Crippen molar-refractivity contribution in [3.05, 3.63) is 53.8 Å². The minimum Gasteiger partial charge on any atom is -0.368 e. The van der Waals surface area contributed by atoms with E-state index in [0.29, 0.717) is 12.1 Å². The third-order valence-electron chi connectivity index (χ3n) is 6.09. The van der Waals surface area contributed by atoms with Crippen molar-refractivity contribution >= 4 is 27.9 Å². The Kier molecular flexibility index (Phi) is 6.56. The average Bonchev–Trinajstić information content (AvgIpc) is 3.11. The molecule has 0 spiro atoms. The lowest BCUT2D eigenvalue weighted by molar-refractivity contribution is 0.170. The Labute approximate surface area is 179 Å². The molecule has 0 radical (unpaired) electrons. The predicted molar refractivity (Wildman–Crippen MR) is 116 cm³/mol. The highest BCUT2D eigenvalue weighted by atomic mass is 35.5. The first kappa shape index (κ1) is 22.1. The van der Waals surface area contributed by atoms with Gasteiger partial charge in [0.15, 0.2) is 0 Å². The molecule has 4 rings (SSSR count). The third kappa shape index (κ3) is 4.16. The number of fused-ring (bicyclic) bond motifs is 1. The van der Waals surface area contributed by atoms with E-state index >= 15 is 0 Å². The topological polar surface area (TPSA) is 40.6 Å². The largest absolute Gasteiger partial charge is 0.368 e. The second-order valence-corrected chi connectivity index (χ2v) is 9.95. The maximum atomic E-state index is 14.0. The fourth-order valence-corrected chi connectivity index (χ4v) is 5.83. The second kappa shape index (κ2) is 8.62. The molecule has 4 nitrogen and oxygen atoms in total. The molecule has 2 aromatic carbocycles. The van der Waals surface area contributed by atoms with E-state index in [1.165, 1.54) is 18.2 Å². The summed E-state index contributed by atoms with van der Waals surface area (Å²) in [6.07, 6.45) is 3.10. The van der Waals surface area contributed by atoms with Crippen LogP contribution in [-0.2, 0) is 16.3 Å². The van der Waals surface area contributed by atoms with Crippen LogP contribution in [0.2, 0.25) is 0 Å². The Morgan fingerprint density at radius 1 is 1.03 bits per heavy atom. The van der Waals surface area contributed by atoms with Gasteiger partial charge < -0.3 is 9.80 Å². The van der Waals surface area contributed by atoms with E-state index in [4.69, 9.17) is 0 Å². The van der Waals surface area contributed by atoms with E-state index in [9.17, 15) is 12.8 Å². The lowest BCUT2D eigenvalue weighted by atomic mass is 10.0. The SMILES string of the molecule is CC(C)N1CCC(N2CCc3cc(S(=O)(=O)c4ccccc4F)ccc32)CC1.Cl. The van der Waals surface area contributed by atoms with Crippen LogP contribution in [0.25, 0.3) is 0 Å². The van der Waals surface area contributed by atoms with Crippen LogP contribution in [0, 0.1) is 5.82 Å². The number of hydrogen-bond acceptors (Lipinski definition) is 4. The Balaban J connectivity index is 0.00000240. The fraction of sp³-hybridized carbons (Fsp3) is 0.455. The number of hydrogen-bond donors (Lipinski definition) is 0.